The number of benzene rings is 2. The fourth-order valence-electron chi connectivity index (χ4n) is 2.06. The van der Waals surface area contributed by atoms with Crippen molar-refractivity contribution in [3.8, 4) is 11.1 Å². The predicted octanol–water partition coefficient (Wildman–Crippen LogP) is 3.79. The van der Waals surface area contributed by atoms with Crippen LogP contribution < -0.4 is 10.9 Å². The third kappa shape index (κ3) is 2.97. The monoisotopic (exact) mass is 389 g/mol. The smallest absolute Gasteiger partial charge is 0.266 e. The van der Waals surface area contributed by atoms with Gasteiger partial charge in [0.1, 0.15) is 3.57 Å². The minimum absolute atomic E-state index is 0.148. The van der Waals surface area contributed by atoms with Gasteiger partial charge in [-0.25, -0.2) is 4.98 Å². The van der Waals surface area contributed by atoms with Crippen molar-refractivity contribution in [2.45, 2.75) is 0 Å². The molecule has 0 fully saturated rings. The molecule has 0 aliphatic heterocycles. The van der Waals surface area contributed by atoms with E-state index in [4.69, 9.17) is 0 Å². The number of aromatic nitrogens is 2. The molecular weight excluding hydrogens is 377 g/mol. The first-order chi connectivity index (χ1) is 10.3. The van der Waals surface area contributed by atoms with Gasteiger partial charge in [0.15, 0.2) is 5.82 Å². The van der Waals surface area contributed by atoms with Gasteiger partial charge in [0.05, 0.1) is 6.33 Å². The van der Waals surface area contributed by atoms with Crippen LogP contribution in [0, 0.1) is 3.57 Å². The lowest BCUT2D eigenvalue weighted by Gasteiger charge is -2.12. The highest BCUT2D eigenvalue weighted by Gasteiger charge is 2.09. The number of hydrogen-bond donors (Lipinski definition) is 2. The maximum Gasteiger partial charge on any atom is 0.266 e. The van der Waals surface area contributed by atoms with Gasteiger partial charge in [-0.1, -0.05) is 48.5 Å². The lowest BCUT2D eigenvalue weighted by Crippen LogP contribution is -2.13. The summed E-state index contributed by atoms with van der Waals surface area (Å²) in [5, 5.41) is 3.24. The van der Waals surface area contributed by atoms with E-state index in [0.29, 0.717) is 9.39 Å². The Labute approximate surface area is 135 Å². The molecule has 0 radical (unpaired) electrons. The van der Waals surface area contributed by atoms with Crippen LogP contribution in [0.5, 0.6) is 0 Å². The Bertz CT molecular complexity index is 815. The largest absolute Gasteiger partial charge is 0.339 e. The molecule has 0 unspecified atom stereocenters. The molecule has 0 atom stereocenters. The van der Waals surface area contributed by atoms with Crippen LogP contribution in [-0.4, -0.2) is 9.97 Å². The van der Waals surface area contributed by atoms with E-state index in [1.807, 2.05) is 65.1 Å². The predicted molar refractivity (Wildman–Crippen MR) is 92.7 cm³/mol. The molecule has 3 aromatic rings. The standard InChI is InChI=1S/C16H12IN3O/c17-14-15(18-10-19-16(14)21)20-13-9-5-4-8-12(13)11-6-2-1-3-7-11/h1-10H,(H2,18,19,20,21). The molecule has 0 amide bonds. The Morgan fingerprint density at radius 2 is 1.71 bits per heavy atom. The van der Waals surface area contributed by atoms with Crippen LogP contribution in [0.15, 0.2) is 65.7 Å². The van der Waals surface area contributed by atoms with E-state index in [-0.39, 0.29) is 5.56 Å². The van der Waals surface area contributed by atoms with E-state index in [1.54, 1.807) is 0 Å². The van der Waals surface area contributed by atoms with Gasteiger partial charge < -0.3 is 10.3 Å². The van der Waals surface area contributed by atoms with Crippen molar-refractivity contribution in [3.63, 3.8) is 0 Å². The second-order valence-electron chi connectivity index (χ2n) is 4.43. The number of halogens is 1. The van der Waals surface area contributed by atoms with Crippen LogP contribution in [0.4, 0.5) is 11.5 Å². The van der Waals surface area contributed by atoms with Gasteiger partial charge in [-0.3, -0.25) is 4.79 Å². The van der Waals surface area contributed by atoms with Gasteiger partial charge in [-0.05, 0) is 34.2 Å². The molecular formula is C16H12IN3O. The molecule has 2 N–H and O–H groups in total. The highest BCUT2D eigenvalue weighted by atomic mass is 127. The number of anilines is 2. The summed E-state index contributed by atoms with van der Waals surface area (Å²) in [7, 11) is 0. The summed E-state index contributed by atoms with van der Waals surface area (Å²) in [6.07, 6.45) is 1.40. The average molecular weight is 389 g/mol. The van der Waals surface area contributed by atoms with Crippen molar-refractivity contribution < 1.29 is 0 Å². The Morgan fingerprint density at radius 1 is 1.00 bits per heavy atom. The van der Waals surface area contributed by atoms with E-state index < -0.39 is 0 Å². The number of aromatic amines is 1. The number of rotatable bonds is 3. The quantitative estimate of drug-likeness (QED) is 0.671. The van der Waals surface area contributed by atoms with Crippen LogP contribution >= 0.6 is 22.6 Å². The van der Waals surface area contributed by atoms with E-state index in [2.05, 4.69) is 27.4 Å². The Hall–Kier alpha value is -2.15. The van der Waals surface area contributed by atoms with Crippen molar-refractivity contribution >= 4 is 34.1 Å². The summed E-state index contributed by atoms with van der Waals surface area (Å²) in [5.74, 6) is 0.558. The van der Waals surface area contributed by atoms with E-state index >= 15 is 0 Å². The molecule has 104 valence electrons. The summed E-state index contributed by atoms with van der Waals surface area (Å²) in [6, 6.07) is 18.0. The van der Waals surface area contributed by atoms with Gasteiger partial charge in [0.2, 0.25) is 0 Å². The van der Waals surface area contributed by atoms with Crippen LogP contribution in [0.3, 0.4) is 0 Å². The van der Waals surface area contributed by atoms with Crippen molar-refractivity contribution in [1.29, 1.82) is 0 Å². The molecule has 2 aromatic carbocycles. The summed E-state index contributed by atoms with van der Waals surface area (Å²) in [5.41, 5.74) is 2.95. The van der Waals surface area contributed by atoms with Crippen LogP contribution in [0.25, 0.3) is 11.1 Å². The second kappa shape index (κ2) is 6.09. The minimum Gasteiger partial charge on any atom is -0.339 e. The van der Waals surface area contributed by atoms with Crippen LogP contribution in [0.2, 0.25) is 0 Å². The molecule has 1 aromatic heterocycles. The number of para-hydroxylation sites is 1. The van der Waals surface area contributed by atoms with E-state index in [0.717, 1.165) is 16.8 Å². The molecule has 3 rings (SSSR count). The van der Waals surface area contributed by atoms with Crippen molar-refractivity contribution in [2.24, 2.45) is 0 Å². The summed E-state index contributed by atoms with van der Waals surface area (Å²) >= 11 is 1.99. The van der Waals surface area contributed by atoms with Crippen LogP contribution in [-0.2, 0) is 0 Å². The highest BCUT2D eigenvalue weighted by Crippen LogP contribution is 2.29. The normalized spacial score (nSPS) is 10.3. The first kappa shape index (κ1) is 13.8. The maximum atomic E-state index is 11.6. The maximum absolute atomic E-state index is 11.6. The minimum atomic E-state index is -0.148. The van der Waals surface area contributed by atoms with Crippen molar-refractivity contribution in [3.05, 3.63) is 74.8 Å². The SMILES string of the molecule is O=c1[nH]cnc(Nc2ccccc2-c2ccccc2)c1I. The topological polar surface area (TPSA) is 57.8 Å². The van der Waals surface area contributed by atoms with Gasteiger partial charge in [-0.15, -0.1) is 0 Å². The molecule has 0 aliphatic rings. The Morgan fingerprint density at radius 3 is 2.52 bits per heavy atom. The molecule has 1 heterocycles. The number of hydrogen-bond acceptors (Lipinski definition) is 3. The number of nitrogens with zero attached hydrogens (tertiary/aromatic N) is 1. The highest BCUT2D eigenvalue weighted by molar-refractivity contribution is 14.1. The molecule has 4 nitrogen and oxygen atoms in total. The van der Waals surface area contributed by atoms with E-state index in [9.17, 15) is 4.79 Å². The summed E-state index contributed by atoms with van der Waals surface area (Å²) < 4.78 is 0.540. The third-order valence-corrected chi connectivity index (χ3v) is 4.06. The second-order valence-corrected chi connectivity index (χ2v) is 5.51. The zero-order valence-electron chi connectivity index (χ0n) is 11.0. The molecule has 0 saturated carbocycles. The molecule has 0 spiro atoms. The molecule has 0 bridgehead atoms. The number of H-pyrrole nitrogens is 1. The van der Waals surface area contributed by atoms with E-state index in [1.165, 1.54) is 6.33 Å². The average Bonchev–Trinajstić information content (AvgIpc) is 2.53. The Balaban J connectivity index is 2.04. The fraction of sp³-hybridized carbons (Fsp3) is 0. The van der Waals surface area contributed by atoms with Gasteiger partial charge in [0, 0.05) is 11.3 Å². The third-order valence-electron chi connectivity index (χ3n) is 3.06. The summed E-state index contributed by atoms with van der Waals surface area (Å²) in [4.78, 5) is 18.4. The lowest BCUT2D eigenvalue weighted by molar-refractivity contribution is 1.10. The zero-order chi connectivity index (χ0) is 14.7. The van der Waals surface area contributed by atoms with Crippen LogP contribution in [0.1, 0.15) is 0 Å². The zero-order valence-corrected chi connectivity index (χ0v) is 13.2. The Kier molecular flexibility index (Phi) is 4.01. The molecule has 0 aliphatic carbocycles. The molecule has 5 heteroatoms. The molecule has 21 heavy (non-hydrogen) atoms. The summed E-state index contributed by atoms with van der Waals surface area (Å²) in [6.45, 7) is 0. The fourth-order valence-corrected chi connectivity index (χ4v) is 2.49. The lowest BCUT2D eigenvalue weighted by atomic mass is 10.0. The molecule has 0 saturated heterocycles. The number of nitrogens with one attached hydrogen (secondary N) is 2. The van der Waals surface area contributed by atoms with Gasteiger partial charge >= 0.3 is 0 Å². The first-order valence-electron chi connectivity index (χ1n) is 6.40. The first-order valence-corrected chi connectivity index (χ1v) is 7.48. The van der Waals surface area contributed by atoms with Gasteiger partial charge in [0.25, 0.3) is 5.56 Å². The van der Waals surface area contributed by atoms with Gasteiger partial charge in [-0.2, -0.15) is 0 Å². The van der Waals surface area contributed by atoms with Crippen molar-refractivity contribution in [1.82, 2.24) is 9.97 Å². The van der Waals surface area contributed by atoms with Crippen molar-refractivity contribution in [2.75, 3.05) is 5.32 Å².